The van der Waals surface area contributed by atoms with Crippen molar-refractivity contribution in [3.63, 3.8) is 0 Å². The third-order valence-corrected chi connectivity index (χ3v) is 7.46. The van der Waals surface area contributed by atoms with Crippen molar-refractivity contribution in [3.8, 4) is 33.9 Å². The fraction of sp³-hybridized carbons (Fsp3) is 0.0769. The smallest absolute Gasteiger partial charge is 0.238 e. The Morgan fingerprint density at radius 3 is 1.43 bits per heavy atom. The molecule has 16 heteroatoms. The number of benzene rings is 3. The average Bonchev–Trinajstić information content (AvgIpc) is 3.55. The van der Waals surface area contributed by atoms with Gasteiger partial charge in [0.05, 0.1) is 16.3 Å². The maximum absolute atomic E-state index is 14.1. The lowest BCUT2D eigenvalue weighted by Gasteiger charge is -2.12. The summed E-state index contributed by atoms with van der Waals surface area (Å²) in [7, 11) is -4.39. The van der Waals surface area contributed by atoms with Crippen molar-refractivity contribution in [1.82, 2.24) is 19.6 Å². The SMILES string of the molecule is NS(=O)(=O)c1ccc(-n2cc(C(F)(F)F)c(-c3ccc(Cl)cc3)n2)c(-n2cc(C(F)(F)F)c(-c3ccc(Cl)cc3)n2)c1. The molecule has 218 valence electrons. The van der Waals surface area contributed by atoms with Crippen LogP contribution in [0, 0.1) is 0 Å². The number of halogens is 8. The van der Waals surface area contributed by atoms with Gasteiger partial charge in [0.1, 0.15) is 22.5 Å². The Bertz CT molecular complexity index is 1900. The van der Waals surface area contributed by atoms with Gasteiger partial charge in [0.15, 0.2) is 0 Å². The minimum atomic E-state index is -4.91. The predicted octanol–water partition coefficient (Wildman–Crippen LogP) is 7.38. The third-order valence-electron chi connectivity index (χ3n) is 6.04. The van der Waals surface area contributed by atoms with Gasteiger partial charge >= 0.3 is 12.4 Å². The summed E-state index contributed by atoms with van der Waals surface area (Å²) in [5.41, 5.74) is -3.91. The number of primary sulfonamides is 1. The fourth-order valence-electron chi connectivity index (χ4n) is 4.11. The topological polar surface area (TPSA) is 95.8 Å². The van der Waals surface area contributed by atoms with Gasteiger partial charge in [-0.05, 0) is 42.5 Å². The number of alkyl halides is 6. The summed E-state index contributed by atoms with van der Waals surface area (Å²) >= 11 is 11.7. The van der Waals surface area contributed by atoms with Gasteiger partial charge in [-0.2, -0.15) is 36.5 Å². The van der Waals surface area contributed by atoms with E-state index in [-0.39, 0.29) is 32.5 Å². The van der Waals surface area contributed by atoms with E-state index in [4.69, 9.17) is 28.3 Å². The average molecular weight is 646 g/mol. The molecule has 0 unspecified atom stereocenters. The molecule has 0 atom stereocenters. The van der Waals surface area contributed by atoms with Gasteiger partial charge in [-0.1, -0.05) is 47.5 Å². The molecule has 2 aromatic heterocycles. The van der Waals surface area contributed by atoms with Gasteiger partial charge in [-0.25, -0.2) is 22.9 Å². The quantitative estimate of drug-likeness (QED) is 0.202. The van der Waals surface area contributed by atoms with Crippen LogP contribution in [0.3, 0.4) is 0 Å². The van der Waals surface area contributed by atoms with Crippen LogP contribution in [-0.4, -0.2) is 28.0 Å². The van der Waals surface area contributed by atoms with E-state index in [2.05, 4.69) is 10.2 Å². The van der Waals surface area contributed by atoms with Crippen LogP contribution in [0.15, 0.2) is 84.0 Å². The fourth-order valence-corrected chi connectivity index (χ4v) is 4.89. The van der Waals surface area contributed by atoms with E-state index < -0.39 is 49.8 Å². The van der Waals surface area contributed by atoms with Crippen molar-refractivity contribution in [2.75, 3.05) is 0 Å². The summed E-state index contributed by atoms with van der Waals surface area (Å²) in [5, 5.41) is 13.9. The van der Waals surface area contributed by atoms with E-state index in [9.17, 15) is 34.8 Å². The Morgan fingerprint density at radius 2 is 1.05 bits per heavy atom. The standard InChI is InChI=1S/C26H15Cl2F6N5O2S/c27-16-5-1-14(2-6-16)23-19(25(29,30)31)12-38(36-23)21-10-9-18(42(35,40)41)11-22(21)39-13-20(26(32,33)34)24(37-39)15-3-7-17(28)8-4-15/h1-13H,(H2,35,40,41). The summed E-state index contributed by atoms with van der Waals surface area (Å²) in [5.74, 6) is 0. The molecule has 0 saturated carbocycles. The van der Waals surface area contributed by atoms with Gasteiger partial charge in [0, 0.05) is 33.6 Å². The van der Waals surface area contributed by atoms with Gasteiger partial charge < -0.3 is 0 Å². The van der Waals surface area contributed by atoms with Crippen LogP contribution in [0.1, 0.15) is 11.1 Å². The Kier molecular flexibility index (Phi) is 7.38. The van der Waals surface area contributed by atoms with Crippen molar-refractivity contribution in [2.24, 2.45) is 5.14 Å². The van der Waals surface area contributed by atoms with Crippen molar-refractivity contribution >= 4 is 33.2 Å². The molecule has 2 heterocycles. The highest BCUT2D eigenvalue weighted by Gasteiger charge is 2.38. The second-order valence-corrected chi connectivity index (χ2v) is 11.3. The number of hydrogen-bond donors (Lipinski definition) is 1. The minimum Gasteiger partial charge on any atom is -0.238 e. The lowest BCUT2D eigenvalue weighted by atomic mass is 10.1. The Balaban J connectivity index is 1.78. The van der Waals surface area contributed by atoms with Crippen molar-refractivity contribution in [2.45, 2.75) is 17.2 Å². The van der Waals surface area contributed by atoms with Gasteiger partial charge in [-0.15, -0.1) is 0 Å². The van der Waals surface area contributed by atoms with E-state index in [0.717, 1.165) is 22.9 Å². The van der Waals surface area contributed by atoms with E-state index >= 15 is 0 Å². The molecule has 0 spiro atoms. The van der Waals surface area contributed by atoms with E-state index in [1.807, 2.05) is 0 Å². The molecule has 2 N–H and O–H groups in total. The van der Waals surface area contributed by atoms with Crippen molar-refractivity contribution in [3.05, 3.63) is 100 Å². The van der Waals surface area contributed by atoms with Crippen LogP contribution in [-0.2, 0) is 22.4 Å². The number of nitrogens with two attached hydrogens (primary N) is 1. The molecule has 0 amide bonds. The Hall–Kier alpha value is -3.85. The van der Waals surface area contributed by atoms with Gasteiger partial charge in [-0.3, -0.25) is 0 Å². The van der Waals surface area contributed by atoms with Crippen molar-refractivity contribution < 1.29 is 34.8 Å². The molecule has 7 nitrogen and oxygen atoms in total. The highest BCUT2D eigenvalue weighted by Crippen LogP contribution is 2.40. The Morgan fingerprint density at radius 1 is 0.643 bits per heavy atom. The summed E-state index contributed by atoms with van der Waals surface area (Å²) in [6.45, 7) is 0. The predicted molar refractivity (Wildman–Crippen MR) is 143 cm³/mol. The molecule has 0 radical (unpaired) electrons. The first-order valence-electron chi connectivity index (χ1n) is 11.6. The first-order chi connectivity index (χ1) is 19.5. The molecular weight excluding hydrogens is 631 g/mol. The first kappa shape index (κ1) is 29.6. The molecule has 5 aromatic rings. The summed E-state index contributed by atoms with van der Waals surface area (Å²) in [6, 6.07) is 13.6. The molecule has 0 aliphatic rings. The zero-order valence-corrected chi connectivity index (χ0v) is 22.9. The maximum atomic E-state index is 14.1. The second-order valence-electron chi connectivity index (χ2n) is 8.88. The number of aromatic nitrogens is 4. The molecule has 5 rings (SSSR count). The number of hydrogen-bond acceptors (Lipinski definition) is 4. The molecular formula is C26H15Cl2F6N5O2S. The van der Waals surface area contributed by atoms with Crippen LogP contribution in [0.4, 0.5) is 26.3 Å². The summed E-state index contributed by atoms with van der Waals surface area (Å²) in [6.07, 6.45) is -8.58. The summed E-state index contributed by atoms with van der Waals surface area (Å²) in [4.78, 5) is -0.528. The number of sulfonamides is 1. The van der Waals surface area contributed by atoms with Gasteiger partial charge in [0.25, 0.3) is 0 Å². The van der Waals surface area contributed by atoms with E-state index in [1.54, 1.807) is 0 Å². The molecule has 0 aliphatic heterocycles. The van der Waals surface area contributed by atoms with E-state index in [1.165, 1.54) is 48.5 Å². The maximum Gasteiger partial charge on any atom is 0.420 e. The largest absolute Gasteiger partial charge is 0.420 e. The van der Waals surface area contributed by atoms with Crippen LogP contribution in [0.2, 0.25) is 10.0 Å². The highest BCUT2D eigenvalue weighted by molar-refractivity contribution is 7.89. The van der Waals surface area contributed by atoms with Crippen LogP contribution in [0.25, 0.3) is 33.9 Å². The normalized spacial score (nSPS) is 12.6. The number of nitrogens with zero attached hydrogens (tertiary/aromatic N) is 4. The zero-order valence-electron chi connectivity index (χ0n) is 20.6. The molecule has 3 aromatic carbocycles. The van der Waals surface area contributed by atoms with Crippen LogP contribution in [0.5, 0.6) is 0 Å². The van der Waals surface area contributed by atoms with Crippen molar-refractivity contribution in [1.29, 1.82) is 0 Å². The molecule has 0 fully saturated rings. The minimum absolute atomic E-state index is 0.0260. The zero-order chi connectivity index (χ0) is 30.6. The van der Waals surface area contributed by atoms with Crippen LogP contribution < -0.4 is 5.14 Å². The van der Waals surface area contributed by atoms with Gasteiger partial charge in [0.2, 0.25) is 10.0 Å². The third kappa shape index (κ3) is 5.88. The first-order valence-corrected chi connectivity index (χ1v) is 13.9. The second kappa shape index (κ2) is 10.5. The Labute approximate surface area is 243 Å². The van der Waals surface area contributed by atoms with Crippen LogP contribution >= 0.6 is 23.2 Å². The monoisotopic (exact) mass is 645 g/mol. The lowest BCUT2D eigenvalue weighted by Crippen LogP contribution is -2.14. The summed E-state index contributed by atoms with van der Waals surface area (Å²) < 4.78 is 110. The molecule has 0 aliphatic carbocycles. The molecule has 0 bridgehead atoms. The molecule has 42 heavy (non-hydrogen) atoms. The lowest BCUT2D eigenvalue weighted by molar-refractivity contribution is -0.138. The van der Waals surface area contributed by atoms with E-state index in [0.29, 0.717) is 17.1 Å². The number of rotatable bonds is 5. The highest BCUT2D eigenvalue weighted by atomic mass is 35.5. The molecule has 0 saturated heterocycles.